The fraction of sp³-hybridized carbons (Fsp3) is 0.355. The van der Waals surface area contributed by atoms with E-state index in [-0.39, 0.29) is 17.5 Å². The van der Waals surface area contributed by atoms with Gasteiger partial charge in [-0.05, 0) is 86.3 Å². The maximum atomic E-state index is 13.6. The van der Waals surface area contributed by atoms with Gasteiger partial charge < -0.3 is 15.5 Å². The Morgan fingerprint density at radius 3 is 2.42 bits per heavy atom. The highest BCUT2D eigenvalue weighted by Gasteiger charge is 2.38. The molecule has 40 heavy (non-hydrogen) atoms. The first kappa shape index (κ1) is 28.4. The maximum Gasteiger partial charge on any atom is 0.221 e. The molecule has 0 bridgehead atoms. The first-order chi connectivity index (χ1) is 19.3. The zero-order valence-corrected chi connectivity index (χ0v) is 25.3. The number of carbonyl (C=O) groups is 1. The number of fused-ring (bicyclic) bond motifs is 3. The monoisotopic (exact) mass is 652 g/mol. The number of Topliss-reactive ketones (excluding diaryl/α,β-unsaturated/α-hetero) is 1. The standard InChI is InChI=1S/C31H34FIN6O/c1-19(2)13-14-38(3)15-16-39(18-33)25-12-9-21(17-35-25)23-5-4-6-24-26(23)29-27(30(24)40)28(36-31(34)37-29)20-7-10-22(32)11-8-20/h6-12,17,19H,4-5,13-16,18H2,1-3H3,(H2,34,36,37). The fourth-order valence-electron chi connectivity index (χ4n) is 5.21. The van der Waals surface area contributed by atoms with Gasteiger partial charge >= 0.3 is 0 Å². The minimum absolute atomic E-state index is 0.0778. The molecule has 0 radical (unpaired) electrons. The number of likely N-dealkylation sites (N-methyl/N-ethyl adjacent to an activating group) is 1. The van der Waals surface area contributed by atoms with Crippen LogP contribution < -0.4 is 10.6 Å². The molecule has 1 aromatic carbocycles. The van der Waals surface area contributed by atoms with Crippen LogP contribution in [0.15, 0.2) is 54.2 Å². The molecule has 2 aliphatic carbocycles. The number of ketones is 1. The van der Waals surface area contributed by atoms with E-state index in [0.717, 1.165) is 59.6 Å². The number of benzene rings is 1. The van der Waals surface area contributed by atoms with Crippen molar-refractivity contribution in [2.75, 3.05) is 41.9 Å². The number of nitrogen functional groups attached to an aromatic ring is 1. The Morgan fingerprint density at radius 2 is 1.75 bits per heavy atom. The lowest BCUT2D eigenvalue weighted by atomic mass is 9.88. The molecule has 208 valence electrons. The molecule has 0 fully saturated rings. The van der Waals surface area contributed by atoms with Gasteiger partial charge in [-0.15, -0.1) is 0 Å². The number of pyridine rings is 1. The van der Waals surface area contributed by atoms with Crippen molar-refractivity contribution in [3.8, 4) is 11.3 Å². The van der Waals surface area contributed by atoms with Gasteiger partial charge in [0, 0.05) is 36.0 Å². The van der Waals surface area contributed by atoms with E-state index in [1.54, 1.807) is 12.1 Å². The van der Waals surface area contributed by atoms with Gasteiger partial charge in [0.2, 0.25) is 5.95 Å². The van der Waals surface area contributed by atoms with Crippen LogP contribution in [0.25, 0.3) is 22.4 Å². The van der Waals surface area contributed by atoms with Gasteiger partial charge in [0.05, 0.1) is 21.5 Å². The lowest BCUT2D eigenvalue weighted by Gasteiger charge is -2.25. The average Bonchev–Trinajstić information content (AvgIpc) is 3.24. The Kier molecular flexibility index (Phi) is 8.60. The van der Waals surface area contributed by atoms with Crippen molar-refractivity contribution in [2.24, 2.45) is 5.92 Å². The third-order valence-electron chi connectivity index (χ3n) is 7.47. The summed E-state index contributed by atoms with van der Waals surface area (Å²) in [5, 5.41) is 0. The number of hydrogen-bond acceptors (Lipinski definition) is 7. The van der Waals surface area contributed by atoms with Gasteiger partial charge in [-0.2, -0.15) is 0 Å². The number of hydrogen-bond donors (Lipinski definition) is 1. The van der Waals surface area contributed by atoms with E-state index in [2.05, 4.69) is 75.4 Å². The summed E-state index contributed by atoms with van der Waals surface area (Å²) in [7, 11) is 2.17. The van der Waals surface area contributed by atoms with Gasteiger partial charge in [0.15, 0.2) is 5.78 Å². The Labute approximate surface area is 248 Å². The van der Waals surface area contributed by atoms with Crippen molar-refractivity contribution < 1.29 is 9.18 Å². The summed E-state index contributed by atoms with van der Waals surface area (Å²) in [5.41, 5.74) is 11.6. The second-order valence-electron chi connectivity index (χ2n) is 10.8. The summed E-state index contributed by atoms with van der Waals surface area (Å²) in [5.74, 6) is 1.23. The smallest absolute Gasteiger partial charge is 0.221 e. The number of anilines is 2. The van der Waals surface area contributed by atoms with E-state index in [9.17, 15) is 9.18 Å². The fourth-order valence-corrected chi connectivity index (χ4v) is 5.90. The summed E-state index contributed by atoms with van der Waals surface area (Å²) >= 11 is 2.39. The molecule has 0 aliphatic heterocycles. The maximum absolute atomic E-state index is 13.6. The molecule has 2 heterocycles. The predicted octanol–water partition coefficient (Wildman–Crippen LogP) is 6.26. The van der Waals surface area contributed by atoms with Crippen molar-refractivity contribution in [1.82, 2.24) is 19.9 Å². The minimum Gasteiger partial charge on any atom is -0.368 e. The number of alkyl halides is 1. The van der Waals surface area contributed by atoms with E-state index in [4.69, 9.17) is 10.7 Å². The second-order valence-corrected chi connectivity index (χ2v) is 11.5. The molecule has 7 nitrogen and oxygen atoms in total. The van der Waals surface area contributed by atoms with Gasteiger partial charge in [-0.3, -0.25) is 4.79 Å². The lowest BCUT2D eigenvalue weighted by molar-refractivity contribution is 0.104. The molecule has 0 atom stereocenters. The molecular formula is C31H34FIN6O. The number of allylic oxidation sites excluding steroid dienone is 4. The van der Waals surface area contributed by atoms with E-state index < -0.39 is 0 Å². The Balaban J connectivity index is 1.46. The third kappa shape index (κ3) is 5.81. The van der Waals surface area contributed by atoms with Crippen LogP contribution in [0.3, 0.4) is 0 Å². The van der Waals surface area contributed by atoms with E-state index in [1.807, 2.05) is 12.3 Å². The van der Waals surface area contributed by atoms with Gasteiger partial charge in [-0.25, -0.2) is 19.3 Å². The largest absolute Gasteiger partial charge is 0.368 e. The number of carbonyl (C=O) groups excluding carboxylic acids is 1. The van der Waals surface area contributed by atoms with E-state index >= 15 is 0 Å². The van der Waals surface area contributed by atoms with Crippen LogP contribution in [-0.2, 0) is 0 Å². The highest BCUT2D eigenvalue weighted by Crippen LogP contribution is 2.47. The number of halogens is 2. The quantitative estimate of drug-likeness (QED) is 0.157. The summed E-state index contributed by atoms with van der Waals surface area (Å²) in [6.07, 6.45) is 6.57. The molecule has 2 aromatic heterocycles. The van der Waals surface area contributed by atoms with Crippen LogP contribution in [-0.4, -0.2) is 56.9 Å². The van der Waals surface area contributed by atoms with Crippen LogP contribution in [0.4, 0.5) is 16.2 Å². The Hall–Kier alpha value is -3.18. The first-order valence-electron chi connectivity index (χ1n) is 13.6. The van der Waals surface area contributed by atoms with E-state index in [1.165, 1.54) is 18.6 Å². The Morgan fingerprint density at radius 1 is 1.02 bits per heavy atom. The van der Waals surface area contributed by atoms with Crippen LogP contribution in [0.5, 0.6) is 0 Å². The molecular weight excluding hydrogens is 618 g/mol. The molecule has 2 N–H and O–H groups in total. The van der Waals surface area contributed by atoms with Crippen LogP contribution in [0, 0.1) is 11.7 Å². The molecule has 2 aliphatic rings. The van der Waals surface area contributed by atoms with Crippen molar-refractivity contribution in [3.05, 3.63) is 76.9 Å². The Bertz CT molecular complexity index is 1470. The molecule has 3 aromatic rings. The highest BCUT2D eigenvalue weighted by atomic mass is 127. The van der Waals surface area contributed by atoms with Gasteiger partial charge in [0.25, 0.3) is 0 Å². The van der Waals surface area contributed by atoms with Crippen molar-refractivity contribution >= 4 is 51.3 Å². The SMILES string of the molecule is CC(C)CCN(C)CCN(CI)c1ccc(C2=C3C(=CCC2)C(=O)c2c3nc(N)nc2-c2ccc(F)cc2)cn1. The summed E-state index contributed by atoms with van der Waals surface area (Å²) in [4.78, 5) is 32.1. The normalized spacial score (nSPS) is 14.6. The van der Waals surface area contributed by atoms with Crippen molar-refractivity contribution in [3.63, 3.8) is 0 Å². The summed E-state index contributed by atoms with van der Waals surface area (Å²) in [6, 6.07) is 10.1. The summed E-state index contributed by atoms with van der Waals surface area (Å²) in [6.45, 7) is 7.46. The van der Waals surface area contributed by atoms with Gasteiger partial charge in [-0.1, -0.05) is 42.5 Å². The second kappa shape index (κ2) is 12.1. The van der Waals surface area contributed by atoms with Crippen LogP contribution in [0.2, 0.25) is 0 Å². The number of nitrogens with two attached hydrogens (primary N) is 1. The number of nitrogens with zero attached hydrogens (tertiary/aromatic N) is 5. The molecule has 9 heteroatoms. The number of aromatic nitrogens is 3. The topological polar surface area (TPSA) is 88.2 Å². The van der Waals surface area contributed by atoms with Crippen LogP contribution >= 0.6 is 22.6 Å². The predicted molar refractivity (Wildman–Crippen MR) is 168 cm³/mol. The van der Waals surface area contributed by atoms with Crippen molar-refractivity contribution in [2.45, 2.75) is 33.1 Å². The molecule has 5 rings (SSSR count). The molecule has 0 spiro atoms. The molecule has 0 saturated heterocycles. The van der Waals surface area contributed by atoms with Crippen molar-refractivity contribution in [1.29, 1.82) is 0 Å². The third-order valence-corrected chi connectivity index (χ3v) is 8.29. The molecule has 0 amide bonds. The minimum atomic E-state index is -0.356. The van der Waals surface area contributed by atoms with E-state index in [0.29, 0.717) is 34.0 Å². The first-order valence-corrected chi connectivity index (χ1v) is 15.2. The summed E-state index contributed by atoms with van der Waals surface area (Å²) < 4.78 is 14.4. The zero-order chi connectivity index (χ0) is 28.4. The zero-order valence-electron chi connectivity index (χ0n) is 23.1. The molecule has 0 saturated carbocycles. The highest BCUT2D eigenvalue weighted by molar-refractivity contribution is 14.1. The van der Waals surface area contributed by atoms with Crippen LogP contribution in [0.1, 0.15) is 54.7 Å². The average molecular weight is 653 g/mol. The lowest BCUT2D eigenvalue weighted by Crippen LogP contribution is -2.33. The molecule has 0 unspecified atom stereocenters. The number of rotatable bonds is 10. The van der Waals surface area contributed by atoms with Gasteiger partial charge in [0.1, 0.15) is 11.6 Å².